The molecule has 120 valence electrons. The fourth-order valence-corrected chi connectivity index (χ4v) is 4.83. The number of rotatable bonds is 4. The van der Waals surface area contributed by atoms with E-state index in [1.807, 2.05) is 17.8 Å². The maximum atomic E-state index is 12.4. The van der Waals surface area contributed by atoms with Crippen molar-refractivity contribution >= 4 is 33.6 Å². The molecule has 1 aliphatic heterocycles. The van der Waals surface area contributed by atoms with E-state index in [1.54, 1.807) is 12.4 Å². The highest BCUT2D eigenvalue weighted by atomic mass is 79.9. The SMILES string of the molecule is O=C(NCC1(N2CCSCC2)CCCC1)c1cncc(Br)c1. The molecule has 0 aromatic carbocycles. The Hall–Kier alpha value is -0.590. The van der Waals surface area contributed by atoms with E-state index >= 15 is 0 Å². The Labute approximate surface area is 144 Å². The summed E-state index contributed by atoms with van der Waals surface area (Å²) in [5.74, 6) is 2.41. The fourth-order valence-electron chi connectivity index (χ4n) is 3.56. The molecule has 1 saturated heterocycles. The summed E-state index contributed by atoms with van der Waals surface area (Å²) in [7, 11) is 0. The smallest absolute Gasteiger partial charge is 0.252 e. The number of nitrogens with one attached hydrogen (secondary N) is 1. The van der Waals surface area contributed by atoms with Gasteiger partial charge in [0, 0.05) is 53.5 Å². The molecule has 4 nitrogen and oxygen atoms in total. The Bertz CT molecular complexity index is 528. The van der Waals surface area contributed by atoms with Crippen molar-refractivity contribution in [2.75, 3.05) is 31.1 Å². The number of amides is 1. The van der Waals surface area contributed by atoms with Crippen molar-refractivity contribution in [1.29, 1.82) is 0 Å². The van der Waals surface area contributed by atoms with E-state index in [-0.39, 0.29) is 11.4 Å². The molecule has 1 aromatic rings. The van der Waals surface area contributed by atoms with Gasteiger partial charge in [0.1, 0.15) is 0 Å². The molecule has 0 atom stereocenters. The van der Waals surface area contributed by atoms with E-state index < -0.39 is 0 Å². The van der Waals surface area contributed by atoms with Crippen molar-refractivity contribution in [3.63, 3.8) is 0 Å². The topological polar surface area (TPSA) is 45.2 Å². The molecule has 2 aliphatic rings. The lowest BCUT2D eigenvalue weighted by Crippen LogP contribution is -2.56. The van der Waals surface area contributed by atoms with Crippen LogP contribution in [0.2, 0.25) is 0 Å². The molecule has 0 spiro atoms. The highest BCUT2D eigenvalue weighted by Crippen LogP contribution is 2.36. The summed E-state index contributed by atoms with van der Waals surface area (Å²) in [6.07, 6.45) is 8.28. The lowest BCUT2D eigenvalue weighted by Gasteiger charge is -2.43. The van der Waals surface area contributed by atoms with Gasteiger partial charge in [-0.15, -0.1) is 0 Å². The van der Waals surface area contributed by atoms with Crippen LogP contribution in [0.25, 0.3) is 0 Å². The van der Waals surface area contributed by atoms with E-state index in [1.165, 1.54) is 37.2 Å². The minimum atomic E-state index is -0.0218. The van der Waals surface area contributed by atoms with E-state index in [4.69, 9.17) is 0 Å². The summed E-state index contributed by atoms with van der Waals surface area (Å²) < 4.78 is 0.837. The predicted molar refractivity (Wildman–Crippen MR) is 94.4 cm³/mol. The van der Waals surface area contributed by atoms with E-state index in [9.17, 15) is 4.79 Å². The monoisotopic (exact) mass is 383 g/mol. The summed E-state index contributed by atoms with van der Waals surface area (Å²) in [6, 6.07) is 1.82. The second-order valence-electron chi connectivity index (χ2n) is 6.11. The first-order valence-electron chi connectivity index (χ1n) is 7.91. The summed E-state index contributed by atoms with van der Waals surface area (Å²) in [4.78, 5) is 19.1. The van der Waals surface area contributed by atoms with Crippen LogP contribution in [-0.2, 0) is 0 Å². The van der Waals surface area contributed by atoms with Crippen LogP contribution < -0.4 is 5.32 Å². The first kappa shape index (κ1) is 16.3. The van der Waals surface area contributed by atoms with Crippen molar-refractivity contribution in [3.05, 3.63) is 28.5 Å². The molecule has 1 saturated carbocycles. The highest BCUT2D eigenvalue weighted by molar-refractivity contribution is 9.10. The Morgan fingerprint density at radius 3 is 2.73 bits per heavy atom. The molecule has 0 unspecified atom stereocenters. The minimum absolute atomic E-state index is 0.0218. The molecule has 1 aliphatic carbocycles. The van der Waals surface area contributed by atoms with Crippen LogP contribution in [0.1, 0.15) is 36.0 Å². The minimum Gasteiger partial charge on any atom is -0.350 e. The van der Waals surface area contributed by atoms with Crippen molar-refractivity contribution < 1.29 is 4.79 Å². The van der Waals surface area contributed by atoms with Gasteiger partial charge in [0.15, 0.2) is 0 Å². The normalized spacial score (nSPS) is 21.7. The number of carbonyl (C=O) groups excluding carboxylic acids is 1. The summed E-state index contributed by atoms with van der Waals surface area (Å²) >= 11 is 5.40. The van der Waals surface area contributed by atoms with Crippen LogP contribution in [0.5, 0.6) is 0 Å². The second-order valence-corrected chi connectivity index (χ2v) is 8.25. The molecular weight excluding hydrogens is 362 g/mol. The van der Waals surface area contributed by atoms with Gasteiger partial charge in [0.05, 0.1) is 5.56 Å². The average molecular weight is 384 g/mol. The summed E-state index contributed by atoms with van der Waals surface area (Å²) in [5.41, 5.74) is 0.799. The summed E-state index contributed by atoms with van der Waals surface area (Å²) in [6.45, 7) is 3.06. The summed E-state index contributed by atoms with van der Waals surface area (Å²) in [5, 5.41) is 3.16. The van der Waals surface area contributed by atoms with Gasteiger partial charge in [0.25, 0.3) is 5.91 Å². The van der Waals surface area contributed by atoms with Gasteiger partial charge in [-0.1, -0.05) is 12.8 Å². The molecule has 22 heavy (non-hydrogen) atoms. The zero-order valence-electron chi connectivity index (χ0n) is 12.7. The molecule has 1 aromatic heterocycles. The molecule has 2 heterocycles. The Balaban J connectivity index is 1.65. The number of thioether (sulfide) groups is 1. The lowest BCUT2D eigenvalue weighted by atomic mass is 9.94. The van der Waals surface area contributed by atoms with Crippen LogP contribution >= 0.6 is 27.7 Å². The van der Waals surface area contributed by atoms with Crippen LogP contribution in [0.15, 0.2) is 22.9 Å². The molecular formula is C16H22BrN3OS. The first-order chi connectivity index (χ1) is 10.7. The third kappa shape index (κ3) is 3.66. The number of carbonyl (C=O) groups is 1. The van der Waals surface area contributed by atoms with Crippen molar-refractivity contribution in [3.8, 4) is 0 Å². The van der Waals surface area contributed by atoms with Gasteiger partial charge in [-0.05, 0) is 34.8 Å². The Kier molecular flexibility index (Phi) is 5.42. The Morgan fingerprint density at radius 1 is 1.32 bits per heavy atom. The van der Waals surface area contributed by atoms with Crippen molar-refractivity contribution in [1.82, 2.24) is 15.2 Å². The van der Waals surface area contributed by atoms with Gasteiger partial charge < -0.3 is 5.32 Å². The van der Waals surface area contributed by atoms with Gasteiger partial charge in [-0.25, -0.2) is 0 Å². The molecule has 0 radical (unpaired) electrons. The van der Waals surface area contributed by atoms with Crippen LogP contribution in [0, 0.1) is 0 Å². The van der Waals surface area contributed by atoms with Crippen LogP contribution in [0.3, 0.4) is 0 Å². The third-order valence-electron chi connectivity index (χ3n) is 4.76. The van der Waals surface area contributed by atoms with Gasteiger partial charge in [-0.2, -0.15) is 11.8 Å². The van der Waals surface area contributed by atoms with E-state index in [2.05, 4.69) is 31.1 Å². The highest BCUT2D eigenvalue weighted by Gasteiger charge is 2.40. The third-order valence-corrected chi connectivity index (χ3v) is 6.14. The molecule has 6 heteroatoms. The molecule has 3 rings (SSSR count). The largest absolute Gasteiger partial charge is 0.350 e. The van der Waals surface area contributed by atoms with E-state index in [0.29, 0.717) is 5.56 Å². The zero-order chi connectivity index (χ0) is 15.4. The average Bonchev–Trinajstić information content (AvgIpc) is 3.04. The number of halogens is 1. The van der Waals surface area contributed by atoms with Crippen molar-refractivity contribution in [2.45, 2.75) is 31.2 Å². The van der Waals surface area contributed by atoms with Gasteiger partial charge in [-0.3, -0.25) is 14.7 Å². The number of pyridine rings is 1. The van der Waals surface area contributed by atoms with E-state index in [0.717, 1.165) is 24.1 Å². The van der Waals surface area contributed by atoms with Crippen LogP contribution in [0.4, 0.5) is 0 Å². The van der Waals surface area contributed by atoms with Gasteiger partial charge >= 0.3 is 0 Å². The maximum absolute atomic E-state index is 12.4. The maximum Gasteiger partial charge on any atom is 0.252 e. The fraction of sp³-hybridized carbons (Fsp3) is 0.625. The number of nitrogens with zero attached hydrogens (tertiary/aromatic N) is 2. The standard InChI is InChI=1S/C16H22BrN3OS/c17-14-9-13(10-18-11-14)15(21)19-12-16(3-1-2-4-16)20-5-7-22-8-6-20/h9-11H,1-8,12H2,(H,19,21). The predicted octanol–water partition coefficient (Wildman–Crippen LogP) is 2.94. The number of hydrogen-bond donors (Lipinski definition) is 1. The lowest BCUT2D eigenvalue weighted by molar-refractivity contribution is 0.0817. The molecule has 1 N–H and O–H groups in total. The van der Waals surface area contributed by atoms with Gasteiger partial charge in [0.2, 0.25) is 0 Å². The quantitative estimate of drug-likeness (QED) is 0.867. The van der Waals surface area contributed by atoms with Crippen LogP contribution in [-0.4, -0.2) is 52.5 Å². The molecule has 2 fully saturated rings. The zero-order valence-corrected chi connectivity index (χ0v) is 15.1. The first-order valence-corrected chi connectivity index (χ1v) is 9.86. The molecule has 0 bridgehead atoms. The molecule has 1 amide bonds. The second kappa shape index (κ2) is 7.32. The number of hydrogen-bond acceptors (Lipinski definition) is 4. The Morgan fingerprint density at radius 2 is 2.05 bits per heavy atom. The van der Waals surface area contributed by atoms with Crippen molar-refractivity contribution in [2.24, 2.45) is 0 Å². The number of aromatic nitrogens is 1.